The Labute approximate surface area is 686 Å². The van der Waals surface area contributed by atoms with E-state index in [0.717, 1.165) is 143 Å². The number of rotatable bonds is 6. The summed E-state index contributed by atoms with van der Waals surface area (Å²) in [6, 6.07) is 130. The van der Waals surface area contributed by atoms with Crippen LogP contribution in [0.15, 0.2) is 368 Å². The molecule has 0 radical (unpaired) electrons. The van der Waals surface area contributed by atoms with Gasteiger partial charge in [0.2, 0.25) is 9.84 Å². The van der Waals surface area contributed by atoms with Crippen LogP contribution < -0.4 is 15.9 Å². The van der Waals surface area contributed by atoms with Gasteiger partial charge in [0, 0.05) is 69.8 Å². The molecule has 21 aromatic rings. The van der Waals surface area contributed by atoms with Gasteiger partial charge in [0.1, 0.15) is 0 Å². The van der Waals surface area contributed by atoms with Gasteiger partial charge in [-0.05, 0) is 167 Å². The Balaban J connectivity index is 0.655. The molecule has 4 aromatic heterocycles. The summed E-state index contributed by atoms with van der Waals surface area (Å²) >= 11 is 0. The van der Waals surface area contributed by atoms with E-state index in [2.05, 4.69) is 355 Å². The van der Waals surface area contributed by atoms with Crippen LogP contribution in [0.5, 0.6) is 0 Å². The molecule has 560 valence electrons. The first-order valence-corrected chi connectivity index (χ1v) is 44.5. The van der Waals surface area contributed by atoms with Gasteiger partial charge >= 0.3 is 0 Å². The van der Waals surface area contributed by atoms with Crippen LogP contribution in [0, 0.1) is 0 Å². The highest BCUT2D eigenvalue weighted by molar-refractivity contribution is 7.91. The maximum atomic E-state index is 18.3. The molecule has 2 aliphatic carbocycles. The van der Waals surface area contributed by atoms with E-state index in [-0.39, 0.29) is 15.2 Å². The second-order valence-electron chi connectivity index (χ2n) is 34.8. The molecule has 0 saturated carbocycles. The molecule has 9 heteroatoms. The first-order chi connectivity index (χ1) is 58.2. The molecule has 1 atom stereocenters. The second-order valence-corrected chi connectivity index (χ2v) is 39.5. The van der Waals surface area contributed by atoms with Crippen LogP contribution in [0.2, 0.25) is 0 Å². The van der Waals surface area contributed by atoms with Gasteiger partial charge in [0.25, 0.3) is 0 Å². The number of hydrogen-bond donors (Lipinski definition) is 0. The van der Waals surface area contributed by atoms with Gasteiger partial charge < -0.3 is 22.8 Å². The Morgan fingerprint density at radius 1 is 0.235 bits per heavy atom. The minimum absolute atomic E-state index is 0.245. The molecule has 0 amide bonds. The predicted octanol–water partition coefficient (Wildman–Crippen LogP) is 24.8. The normalized spacial score (nSPS) is 15.7. The SMILES string of the molecule is CC1(C)c2ccc(S(=O)(=O)c3ccc4c(c3)-n3c5cc(-c6ccc7c(c6)c6cccc8c6n7-c6cc(P(=O)(c7ccccc7)c7ccc9c(c7)-n7c%10ccccc%10c%10cccc(c%107)C97c9ccccc9-c9ccccc97)ccc6C86c7ccccc7-c7ccccc76)ccc5c5cccc(c53)C4(C)C)cc2-n2c3ccccc3c3cccc1c32. The molecule has 0 N–H and O–H groups in total. The van der Waals surface area contributed by atoms with Crippen molar-refractivity contribution >= 4 is 120 Å². The first kappa shape index (κ1) is 66.3. The summed E-state index contributed by atoms with van der Waals surface area (Å²) in [4.78, 5) is 0.501. The van der Waals surface area contributed by atoms with E-state index in [9.17, 15) is 0 Å². The molecule has 0 saturated heterocycles. The number of benzene rings is 17. The third-order valence-electron chi connectivity index (χ3n) is 28.8. The summed E-state index contributed by atoms with van der Waals surface area (Å²) in [7, 11) is -7.96. The van der Waals surface area contributed by atoms with Crippen molar-refractivity contribution in [3.05, 3.63) is 425 Å². The Morgan fingerprint density at radius 2 is 0.571 bits per heavy atom. The van der Waals surface area contributed by atoms with Gasteiger partial charge in [0.15, 0.2) is 7.14 Å². The fourth-order valence-corrected chi connectivity index (χ4v) is 27.8. The van der Waals surface area contributed by atoms with E-state index in [1.165, 1.54) is 83.1 Å². The molecule has 0 fully saturated rings. The highest BCUT2D eigenvalue weighted by Crippen LogP contribution is 2.65. The fraction of sp³-hybridized carbons (Fsp3) is 0.0727. The van der Waals surface area contributed by atoms with E-state index in [4.69, 9.17) is 0 Å². The van der Waals surface area contributed by atoms with E-state index in [0.29, 0.717) is 0 Å². The summed E-state index contributed by atoms with van der Waals surface area (Å²) in [6.07, 6.45) is 0. The van der Waals surface area contributed by atoms with Gasteiger partial charge in [-0.15, -0.1) is 0 Å². The standard InChI is InChI=1S/C110H71N4O3PS/c1-107(2)87-55-50-69(62-101(87)112-96-45-19-12-30-75(96)78-32-20-40-91(107)103(78)112)119(116,117)70-51-56-88-102(63-70)114-98-59-65(46-52-77(98)80-33-21-41-92(104(80)114)108(88,3)4)64-47-57-97-82(58-64)81-35-23-43-94-106(81)113(97)100-61-68(49-54-90(100)110(94)85-38-16-10-28-73(85)74-29-11-17-39-86(74)110)118(115,66-24-6-5-7-25-66)67-48-53-89-99(60-67)111-95-44-18-13-31-76(95)79-34-22-42-93(105(79)111)109(89)83-36-14-8-26-71(83)72-27-9-15-37-84(72)109/h5-63H,1-4H3. The van der Waals surface area contributed by atoms with E-state index in [1.54, 1.807) is 0 Å². The third-order valence-corrected chi connectivity index (χ3v) is 33.6. The van der Waals surface area contributed by atoms with Crippen molar-refractivity contribution in [2.45, 2.75) is 59.1 Å². The van der Waals surface area contributed by atoms with Crippen LogP contribution in [0.25, 0.3) is 143 Å². The van der Waals surface area contributed by atoms with Crippen LogP contribution >= 0.6 is 7.14 Å². The van der Waals surface area contributed by atoms with E-state index in [1.807, 2.05) is 48.5 Å². The van der Waals surface area contributed by atoms with Gasteiger partial charge in [-0.25, -0.2) is 8.42 Å². The number of aromatic nitrogens is 4. The lowest BCUT2D eigenvalue weighted by molar-refractivity contribution is 0.592. The minimum atomic E-state index is -4.11. The molecule has 7 nitrogen and oxygen atoms in total. The molecule has 1 unspecified atom stereocenters. The number of nitrogens with zero attached hydrogens (tertiary/aromatic N) is 4. The fourth-order valence-electron chi connectivity index (χ4n) is 23.8. The molecule has 0 bridgehead atoms. The molecule has 17 aromatic carbocycles. The molecule has 6 aliphatic rings. The Kier molecular flexibility index (Phi) is 12.5. The van der Waals surface area contributed by atoms with E-state index < -0.39 is 33.2 Å². The lowest BCUT2D eigenvalue weighted by Crippen LogP contribution is -2.36. The Morgan fingerprint density at radius 3 is 1.04 bits per heavy atom. The summed E-state index contributed by atoms with van der Waals surface area (Å²) < 4.78 is 59.6. The van der Waals surface area contributed by atoms with Crippen molar-refractivity contribution in [1.29, 1.82) is 0 Å². The zero-order valence-electron chi connectivity index (χ0n) is 65.4. The number of fused-ring (bicyclic) bond motifs is 34. The van der Waals surface area contributed by atoms with Crippen LogP contribution in [0.4, 0.5) is 0 Å². The summed E-state index contributed by atoms with van der Waals surface area (Å²) in [5.41, 5.74) is 31.2. The Bertz CT molecular complexity index is 8420. The summed E-state index contributed by atoms with van der Waals surface area (Å²) in [6.45, 7) is 9.04. The Hall–Kier alpha value is -13.9. The van der Waals surface area contributed by atoms with Crippen molar-refractivity contribution in [2.24, 2.45) is 0 Å². The molecular formula is C110H71N4O3PS. The maximum absolute atomic E-state index is 18.3. The molecule has 8 heterocycles. The van der Waals surface area contributed by atoms with Gasteiger partial charge in [-0.3, -0.25) is 0 Å². The van der Waals surface area contributed by atoms with E-state index >= 15 is 13.0 Å². The third kappa shape index (κ3) is 7.84. The van der Waals surface area contributed by atoms with Gasteiger partial charge in [-0.1, -0.05) is 319 Å². The lowest BCUT2D eigenvalue weighted by atomic mass is 9.65. The van der Waals surface area contributed by atoms with Crippen molar-refractivity contribution in [3.63, 3.8) is 0 Å². The topological polar surface area (TPSA) is 70.9 Å². The minimum Gasteiger partial charge on any atom is -0.309 e. The number of hydrogen-bond acceptors (Lipinski definition) is 3. The van der Waals surface area contributed by atoms with Crippen molar-refractivity contribution in [1.82, 2.24) is 18.3 Å². The first-order valence-electron chi connectivity index (χ1n) is 41.3. The van der Waals surface area contributed by atoms with Crippen molar-refractivity contribution in [2.75, 3.05) is 0 Å². The average Bonchev–Trinajstić information content (AvgIpc) is 1.49. The number of para-hydroxylation sites is 6. The second kappa shape index (κ2) is 22.4. The van der Waals surface area contributed by atoms with Crippen LogP contribution in [-0.4, -0.2) is 26.7 Å². The quantitative estimate of drug-likeness (QED) is 0.156. The van der Waals surface area contributed by atoms with Crippen molar-refractivity contribution < 1.29 is 13.0 Å². The smallest absolute Gasteiger partial charge is 0.206 e. The number of sulfone groups is 1. The zero-order chi connectivity index (χ0) is 78.9. The largest absolute Gasteiger partial charge is 0.309 e. The summed E-state index contributed by atoms with van der Waals surface area (Å²) in [5, 5.41) is 11.3. The van der Waals surface area contributed by atoms with Crippen LogP contribution in [0.1, 0.15) is 94.5 Å². The molecule has 4 aliphatic heterocycles. The van der Waals surface area contributed by atoms with Gasteiger partial charge in [0.05, 0.1) is 87.5 Å². The lowest BCUT2D eigenvalue weighted by Gasteiger charge is -2.40. The van der Waals surface area contributed by atoms with Crippen LogP contribution in [0.3, 0.4) is 0 Å². The molecular weight excluding hydrogens is 1490 g/mol. The zero-order valence-corrected chi connectivity index (χ0v) is 67.1. The predicted molar refractivity (Wildman–Crippen MR) is 487 cm³/mol. The highest BCUT2D eigenvalue weighted by Gasteiger charge is 2.54. The molecule has 27 rings (SSSR count). The molecule has 119 heavy (non-hydrogen) atoms. The maximum Gasteiger partial charge on any atom is 0.206 e. The van der Waals surface area contributed by atoms with Crippen LogP contribution in [-0.2, 0) is 36.1 Å². The van der Waals surface area contributed by atoms with Gasteiger partial charge in [-0.2, -0.15) is 0 Å². The molecule has 2 spiro atoms. The monoisotopic (exact) mass is 1560 g/mol. The summed E-state index contributed by atoms with van der Waals surface area (Å²) in [5.74, 6) is 0. The van der Waals surface area contributed by atoms with Crippen molar-refractivity contribution in [3.8, 4) is 56.1 Å². The highest BCUT2D eigenvalue weighted by atomic mass is 32.2. The average molecular weight is 1560 g/mol.